The van der Waals surface area contributed by atoms with E-state index in [1.54, 1.807) is 13.8 Å². The fourth-order valence-electron chi connectivity index (χ4n) is 1.64. The van der Waals surface area contributed by atoms with E-state index in [9.17, 15) is 9.59 Å². The van der Waals surface area contributed by atoms with Gasteiger partial charge in [0.2, 0.25) is 0 Å². The lowest BCUT2D eigenvalue weighted by Gasteiger charge is -2.12. The zero-order valence-electron chi connectivity index (χ0n) is 12.4. The highest BCUT2D eigenvalue weighted by Gasteiger charge is 2.26. The first-order valence-corrected chi connectivity index (χ1v) is 7.66. The van der Waals surface area contributed by atoms with Gasteiger partial charge in [-0.1, -0.05) is 13.8 Å². The van der Waals surface area contributed by atoms with Gasteiger partial charge in [0.05, 0.1) is 17.2 Å². The number of thiophene rings is 1. The molecule has 0 aromatic carbocycles. The first-order chi connectivity index (χ1) is 9.46. The number of carbonyl (C=O) groups excluding carboxylic acids is 2. The zero-order valence-corrected chi connectivity index (χ0v) is 13.2. The van der Waals surface area contributed by atoms with Gasteiger partial charge in [-0.25, -0.2) is 4.79 Å². The maximum atomic E-state index is 12.0. The van der Waals surface area contributed by atoms with Crippen molar-refractivity contribution < 1.29 is 14.3 Å². The minimum absolute atomic E-state index is 0.0600. The van der Waals surface area contributed by atoms with Crippen molar-refractivity contribution in [2.45, 2.75) is 46.6 Å². The Bertz CT molecular complexity index is 497. The average molecular weight is 298 g/mol. The van der Waals surface area contributed by atoms with Crippen molar-refractivity contribution >= 4 is 33.8 Å². The summed E-state index contributed by atoms with van der Waals surface area (Å²) in [5, 5.41) is 3.84. The maximum absolute atomic E-state index is 12.0. The SMILES string of the molecule is CCOC(=O)c1c(NC(C)CC)sc(C(=O)CC)c1N. The molecule has 0 bridgehead atoms. The van der Waals surface area contributed by atoms with E-state index in [0.29, 0.717) is 16.3 Å². The average Bonchev–Trinajstić information content (AvgIpc) is 2.74. The molecule has 0 fully saturated rings. The molecule has 20 heavy (non-hydrogen) atoms. The van der Waals surface area contributed by atoms with Crippen LogP contribution in [0.5, 0.6) is 0 Å². The molecule has 1 rings (SSSR count). The van der Waals surface area contributed by atoms with Crippen LogP contribution in [0.15, 0.2) is 0 Å². The molecule has 112 valence electrons. The Morgan fingerprint density at radius 3 is 2.50 bits per heavy atom. The number of anilines is 2. The molecule has 0 saturated heterocycles. The molecule has 6 heteroatoms. The molecule has 0 spiro atoms. The number of nitrogen functional groups attached to an aromatic ring is 1. The van der Waals surface area contributed by atoms with Gasteiger partial charge in [-0.15, -0.1) is 11.3 Å². The molecule has 0 saturated carbocycles. The molecule has 0 aliphatic rings. The van der Waals surface area contributed by atoms with E-state index in [2.05, 4.69) is 5.32 Å². The molecular weight excluding hydrogens is 276 g/mol. The van der Waals surface area contributed by atoms with Crippen molar-refractivity contribution in [2.24, 2.45) is 0 Å². The lowest BCUT2D eigenvalue weighted by Crippen LogP contribution is -2.16. The van der Waals surface area contributed by atoms with Crippen LogP contribution >= 0.6 is 11.3 Å². The Hall–Kier alpha value is -1.56. The Balaban J connectivity index is 3.25. The number of esters is 1. The maximum Gasteiger partial charge on any atom is 0.343 e. The summed E-state index contributed by atoms with van der Waals surface area (Å²) in [6, 6.07) is 0.186. The summed E-state index contributed by atoms with van der Waals surface area (Å²) >= 11 is 1.23. The molecule has 1 heterocycles. The van der Waals surface area contributed by atoms with Gasteiger partial charge in [-0.3, -0.25) is 4.79 Å². The van der Waals surface area contributed by atoms with Crippen molar-refractivity contribution in [3.05, 3.63) is 10.4 Å². The Morgan fingerprint density at radius 1 is 1.35 bits per heavy atom. The Morgan fingerprint density at radius 2 is 2.00 bits per heavy atom. The highest BCUT2D eigenvalue weighted by Crippen LogP contribution is 2.37. The lowest BCUT2D eigenvalue weighted by molar-refractivity contribution is 0.0529. The van der Waals surface area contributed by atoms with Crippen molar-refractivity contribution in [3.8, 4) is 0 Å². The summed E-state index contributed by atoms with van der Waals surface area (Å²) in [6.07, 6.45) is 1.26. The third-order valence-corrected chi connectivity index (χ3v) is 4.17. The second-order valence-electron chi connectivity index (χ2n) is 4.50. The third-order valence-electron chi connectivity index (χ3n) is 2.99. The minimum Gasteiger partial charge on any atom is -0.462 e. The lowest BCUT2D eigenvalue weighted by atomic mass is 10.1. The van der Waals surface area contributed by atoms with Crippen molar-refractivity contribution in [2.75, 3.05) is 17.7 Å². The van der Waals surface area contributed by atoms with Gasteiger partial charge in [0.15, 0.2) is 5.78 Å². The fraction of sp³-hybridized carbons (Fsp3) is 0.571. The van der Waals surface area contributed by atoms with Crippen LogP contribution in [-0.4, -0.2) is 24.4 Å². The van der Waals surface area contributed by atoms with Crippen molar-refractivity contribution in [3.63, 3.8) is 0 Å². The summed E-state index contributed by atoms with van der Waals surface area (Å²) in [6.45, 7) is 7.82. The fourth-order valence-corrected chi connectivity index (χ4v) is 2.87. The summed E-state index contributed by atoms with van der Waals surface area (Å²) < 4.78 is 5.03. The second kappa shape index (κ2) is 7.28. The van der Waals surface area contributed by atoms with Crippen molar-refractivity contribution in [1.29, 1.82) is 0 Å². The summed E-state index contributed by atoms with van der Waals surface area (Å²) in [5.74, 6) is -0.544. The second-order valence-corrected chi connectivity index (χ2v) is 5.52. The van der Waals surface area contributed by atoms with Crippen LogP contribution in [0.4, 0.5) is 10.7 Å². The monoisotopic (exact) mass is 298 g/mol. The van der Waals surface area contributed by atoms with Gasteiger partial charge in [0, 0.05) is 12.5 Å². The van der Waals surface area contributed by atoms with E-state index in [-0.39, 0.29) is 29.7 Å². The number of nitrogens with one attached hydrogen (secondary N) is 1. The number of hydrogen-bond acceptors (Lipinski definition) is 6. The van der Waals surface area contributed by atoms with Gasteiger partial charge in [0.25, 0.3) is 0 Å². The van der Waals surface area contributed by atoms with E-state index in [1.165, 1.54) is 11.3 Å². The topological polar surface area (TPSA) is 81.4 Å². The Labute approximate surface area is 123 Å². The van der Waals surface area contributed by atoms with Crippen LogP contribution < -0.4 is 11.1 Å². The molecule has 5 nitrogen and oxygen atoms in total. The van der Waals surface area contributed by atoms with E-state index >= 15 is 0 Å². The number of carbonyl (C=O) groups is 2. The smallest absolute Gasteiger partial charge is 0.343 e. The Kier molecular flexibility index (Phi) is 6.01. The van der Waals surface area contributed by atoms with Gasteiger partial charge >= 0.3 is 5.97 Å². The van der Waals surface area contributed by atoms with Crippen LogP contribution in [0, 0.1) is 0 Å². The number of Topliss-reactive ketones (excluding diaryl/α,β-unsaturated/α-hetero) is 1. The van der Waals surface area contributed by atoms with Crippen molar-refractivity contribution in [1.82, 2.24) is 0 Å². The van der Waals surface area contributed by atoms with E-state index in [4.69, 9.17) is 10.5 Å². The molecule has 0 radical (unpaired) electrons. The number of hydrogen-bond donors (Lipinski definition) is 2. The predicted octanol–water partition coefficient (Wildman–Crippen LogP) is 3.31. The zero-order chi connectivity index (χ0) is 15.3. The summed E-state index contributed by atoms with van der Waals surface area (Å²) in [7, 11) is 0. The van der Waals surface area contributed by atoms with Gasteiger partial charge in [0.1, 0.15) is 10.6 Å². The van der Waals surface area contributed by atoms with Crippen LogP contribution in [-0.2, 0) is 4.74 Å². The quantitative estimate of drug-likeness (QED) is 0.596. The molecule has 0 aliphatic carbocycles. The molecule has 0 amide bonds. The van der Waals surface area contributed by atoms with Gasteiger partial charge in [-0.2, -0.15) is 0 Å². The van der Waals surface area contributed by atoms with E-state index in [1.807, 2.05) is 13.8 Å². The van der Waals surface area contributed by atoms with Crippen LogP contribution in [0.2, 0.25) is 0 Å². The molecule has 1 aromatic heterocycles. The normalized spacial score (nSPS) is 12.0. The summed E-state index contributed by atoms with van der Waals surface area (Å²) in [4.78, 5) is 24.4. The molecule has 3 N–H and O–H groups in total. The van der Waals surface area contributed by atoms with Gasteiger partial charge < -0.3 is 15.8 Å². The molecule has 1 atom stereocenters. The number of ketones is 1. The first kappa shape index (κ1) is 16.5. The van der Waals surface area contributed by atoms with Crippen LogP contribution in [0.25, 0.3) is 0 Å². The number of rotatable bonds is 7. The largest absolute Gasteiger partial charge is 0.462 e. The highest BCUT2D eigenvalue weighted by molar-refractivity contribution is 7.19. The molecule has 0 aliphatic heterocycles. The highest BCUT2D eigenvalue weighted by atomic mass is 32.1. The molecular formula is C14H22N2O3S. The number of nitrogens with two attached hydrogens (primary N) is 1. The minimum atomic E-state index is -0.484. The van der Waals surface area contributed by atoms with Crippen LogP contribution in [0.1, 0.15) is 60.6 Å². The summed E-state index contributed by atoms with van der Waals surface area (Å²) in [5.41, 5.74) is 6.49. The van der Waals surface area contributed by atoms with Crippen LogP contribution in [0.3, 0.4) is 0 Å². The first-order valence-electron chi connectivity index (χ1n) is 6.85. The van der Waals surface area contributed by atoms with E-state index < -0.39 is 5.97 Å². The number of ether oxygens (including phenoxy) is 1. The predicted molar refractivity (Wildman–Crippen MR) is 82.7 cm³/mol. The van der Waals surface area contributed by atoms with E-state index in [0.717, 1.165) is 6.42 Å². The third kappa shape index (κ3) is 3.50. The van der Waals surface area contributed by atoms with Gasteiger partial charge in [-0.05, 0) is 20.3 Å². The molecule has 1 unspecified atom stereocenters. The molecule has 1 aromatic rings. The standard InChI is InChI=1S/C14H22N2O3S/c1-5-8(4)16-13-10(14(18)19-7-3)11(15)12(20-13)9(17)6-2/h8,16H,5-7,15H2,1-4H3.